The fourth-order valence-corrected chi connectivity index (χ4v) is 4.51. The molecule has 0 saturated heterocycles. The van der Waals surface area contributed by atoms with Crippen molar-refractivity contribution in [2.24, 2.45) is 28.5 Å². The molecule has 2 aromatic rings. The first-order valence-electron chi connectivity index (χ1n) is 12.1. The number of carbonyl (C=O) groups is 3. The first-order valence-corrected chi connectivity index (χ1v) is 12.1. The quantitative estimate of drug-likeness (QED) is 0.525. The van der Waals surface area contributed by atoms with Crippen LogP contribution in [-0.2, 0) is 14.4 Å². The first-order chi connectivity index (χ1) is 17.4. The number of hydrogen-bond acceptors (Lipinski definition) is 4. The van der Waals surface area contributed by atoms with Gasteiger partial charge in [-0.1, -0.05) is 62.4 Å². The highest BCUT2D eigenvalue weighted by molar-refractivity contribution is 6.20. The molecule has 1 aliphatic rings. The van der Waals surface area contributed by atoms with Gasteiger partial charge in [0.2, 0.25) is 18.0 Å². The maximum atomic E-state index is 13.5. The van der Waals surface area contributed by atoms with E-state index in [0.717, 1.165) is 5.56 Å². The predicted octanol–water partition coefficient (Wildman–Crippen LogP) is 4.05. The molecule has 3 rings (SSSR count). The van der Waals surface area contributed by atoms with E-state index in [9.17, 15) is 27.6 Å². The number of anilines is 1. The van der Waals surface area contributed by atoms with Gasteiger partial charge >= 0.3 is 6.18 Å². The fourth-order valence-electron chi connectivity index (χ4n) is 4.51. The van der Waals surface area contributed by atoms with Gasteiger partial charge in [-0.25, -0.2) is 4.99 Å². The largest absolute Gasteiger partial charge is 0.389 e. The van der Waals surface area contributed by atoms with Gasteiger partial charge < -0.3 is 16.0 Å². The molecule has 0 fully saturated rings. The number of fused-ring (bicyclic) bond motifs is 1. The molecule has 10 heteroatoms. The number of nitrogens with two attached hydrogens (primary N) is 1. The summed E-state index contributed by atoms with van der Waals surface area (Å²) in [6.45, 7) is 3.57. The Kier molecular flexibility index (Phi) is 8.73. The molecule has 198 valence electrons. The lowest BCUT2D eigenvalue weighted by atomic mass is 9.81. The SMILES string of the molecule is CC(C)C[C@@H](C(=O)N[C@H]1N=C(c2ccccc2)c2ccccc2N(C)C1=O)[C@H](CCC(F)(F)F)C(N)=O. The van der Waals surface area contributed by atoms with E-state index in [1.807, 2.05) is 42.5 Å². The van der Waals surface area contributed by atoms with Crippen molar-refractivity contribution in [3.05, 3.63) is 65.7 Å². The smallest absolute Gasteiger partial charge is 0.369 e. The number of primary amides is 1. The molecule has 0 radical (unpaired) electrons. The molecule has 1 heterocycles. The summed E-state index contributed by atoms with van der Waals surface area (Å²) in [6, 6.07) is 16.3. The van der Waals surface area contributed by atoms with Gasteiger partial charge in [0.05, 0.1) is 11.4 Å². The van der Waals surface area contributed by atoms with Gasteiger partial charge in [-0.15, -0.1) is 0 Å². The average molecular weight is 517 g/mol. The lowest BCUT2D eigenvalue weighted by molar-refractivity contribution is -0.146. The zero-order valence-corrected chi connectivity index (χ0v) is 21.0. The predicted molar refractivity (Wildman–Crippen MR) is 135 cm³/mol. The summed E-state index contributed by atoms with van der Waals surface area (Å²) in [5.74, 6) is -4.88. The van der Waals surface area contributed by atoms with E-state index in [1.165, 1.54) is 4.90 Å². The van der Waals surface area contributed by atoms with E-state index < -0.39 is 54.7 Å². The lowest BCUT2D eigenvalue weighted by Gasteiger charge is -2.28. The monoisotopic (exact) mass is 516 g/mol. The normalized spacial score (nSPS) is 17.5. The Morgan fingerprint density at radius 3 is 2.27 bits per heavy atom. The van der Waals surface area contributed by atoms with E-state index in [4.69, 9.17) is 5.73 Å². The van der Waals surface area contributed by atoms with Crippen molar-refractivity contribution in [1.82, 2.24) is 5.32 Å². The molecule has 0 aromatic heterocycles. The van der Waals surface area contributed by atoms with Gasteiger partial charge in [-0.05, 0) is 24.8 Å². The minimum atomic E-state index is -4.51. The molecule has 0 bridgehead atoms. The molecule has 1 aliphatic heterocycles. The molecular weight excluding hydrogens is 485 g/mol. The number of nitrogens with one attached hydrogen (secondary N) is 1. The summed E-state index contributed by atoms with van der Waals surface area (Å²) in [5.41, 5.74) is 7.92. The molecule has 2 aromatic carbocycles. The average Bonchev–Trinajstić information content (AvgIpc) is 2.93. The van der Waals surface area contributed by atoms with Gasteiger partial charge in [0.1, 0.15) is 0 Å². The van der Waals surface area contributed by atoms with Gasteiger partial charge in [-0.2, -0.15) is 13.2 Å². The second-order valence-corrected chi connectivity index (χ2v) is 9.57. The molecule has 0 unspecified atom stereocenters. The molecule has 3 N–H and O–H groups in total. The Hall–Kier alpha value is -3.69. The van der Waals surface area contributed by atoms with Gasteiger partial charge in [0.25, 0.3) is 5.91 Å². The van der Waals surface area contributed by atoms with Crippen LogP contribution in [0.25, 0.3) is 0 Å². The molecule has 0 spiro atoms. The van der Waals surface area contributed by atoms with Crippen molar-refractivity contribution in [1.29, 1.82) is 0 Å². The summed E-state index contributed by atoms with van der Waals surface area (Å²) >= 11 is 0. The second-order valence-electron chi connectivity index (χ2n) is 9.57. The van der Waals surface area contributed by atoms with Crippen LogP contribution in [0.5, 0.6) is 0 Å². The third kappa shape index (κ3) is 6.96. The van der Waals surface area contributed by atoms with Crippen molar-refractivity contribution in [3.63, 3.8) is 0 Å². The van der Waals surface area contributed by atoms with Crippen LogP contribution >= 0.6 is 0 Å². The van der Waals surface area contributed by atoms with Crippen LogP contribution in [0.3, 0.4) is 0 Å². The van der Waals surface area contributed by atoms with Gasteiger partial charge in [0, 0.05) is 36.4 Å². The Bertz CT molecular complexity index is 1160. The number of alkyl halides is 3. The summed E-state index contributed by atoms with van der Waals surface area (Å²) in [6.07, 6.45) is -7.62. The molecule has 3 atom stereocenters. The van der Waals surface area contributed by atoms with Gasteiger partial charge in [0.15, 0.2) is 0 Å². The third-order valence-electron chi connectivity index (χ3n) is 6.32. The Balaban J connectivity index is 2.00. The number of benzodiazepines with no additional fused rings is 1. The fraction of sp³-hybridized carbons (Fsp3) is 0.407. The van der Waals surface area contributed by atoms with Crippen LogP contribution in [0, 0.1) is 17.8 Å². The van der Waals surface area contributed by atoms with Crippen LogP contribution in [0.1, 0.15) is 44.2 Å². The highest BCUT2D eigenvalue weighted by atomic mass is 19.4. The molecule has 7 nitrogen and oxygen atoms in total. The number of para-hydroxylation sites is 1. The maximum Gasteiger partial charge on any atom is 0.389 e. The number of hydrogen-bond donors (Lipinski definition) is 2. The number of rotatable bonds is 9. The van der Waals surface area contributed by atoms with E-state index in [-0.39, 0.29) is 12.3 Å². The first kappa shape index (κ1) is 27.9. The molecule has 0 saturated carbocycles. The number of likely N-dealkylation sites (N-methyl/N-ethyl adjacent to an activating group) is 1. The molecular formula is C27H31F3N4O3. The standard InChI is InChI=1S/C27H31F3N4O3/c1-16(2)15-20(18(23(31)35)13-14-27(28,29)30)25(36)33-24-26(37)34(3)21-12-8-7-11-19(21)22(32-24)17-9-5-4-6-10-17/h4-12,16,18,20,24H,13-15H2,1-3H3,(H2,31,35)(H,33,36)/t18-,20+,24+/m0/s1. The van der Waals surface area contributed by atoms with Crippen molar-refractivity contribution in [2.75, 3.05) is 11.9 Å². The summed E-state index contributed by atoms with van der Waals surface area (Å²) in [5, 5.41) is 2.60. The van der Waals surface area contributed by atoms with Crippen molar-refractivity contribution in [2.45, 2.75) is 45.5 Å². The Labute approximate surface area is 213 Å². The zero-order chi connectivity index (χ0) is 27.3. The minimum absolute atomic E-state index is 0.115. The van der Waals surface area contributed by atoms with Crippen LogP contribution < -0.4 is 16.0 Å². The minimum Gasteiger partial charge on any atom is -0.369 e. The Morgan fingerprint density at radius 1 is 1.05 bits per heavy atom. The maximum absolute atomic E-state index is 13.5. The van der Waals surface area contributed by atoms with E-state index >= 15 is 0 Å². The summed E-state index contributed by atoms with van der Waals surface area (Å²) < 4.78 is 38.8. The van der Waals surface area contributed by atoms with Crippen LogP contribution in [0.15, 0.2) is 59.6 Å². The van der Waals surface area contributed by atoms with E-state index in [0.29, 0.717) is 17.0 Å². The van der Waals surface area contributed by atoms with E-state index in [1.54, 1.807) is 33.0 Å². The Morgan fingerprint density at radius 2 is 1.68 bits per heavy atom. The van der Waals surface area contributed by atoms with Crippen molar-refractivity contribution in [3.8, 4) is 0 Å². The van der Waals surface area contributed by atoms with Gasteiger partial charge in [-0.3, -0.25) is 14.4 Å². The molecule has 37 heavy (non-hydrogen) atoms. The number of carbonyl (C=O) groups excluding carboxylic acids is 3. The highest BCUT2D eigenvalue weighted by Crippen LogP contribution is 2.31. The second kappa shape index (κ2) is 11.6. The number of aliphatic imine (C=N–C) groups is 1. The number of halogens is 3. The van der Waals surface area contributed by atoms with Crippen LogP contribution in [0.2, 0.25) is 0 Å². The number of nitrogens with zero attached hydrogens (tertiary/aromatic N) is 2. The molecule has 3 amide bonds. The van der Waals surface area contributed by atoms with Crippen molar-refractivity contribution < 1.29 is 27.6 Å². The summed E-state index contributed by atoms with van der Waals surface area (Å²) in [7, 11) is 1.56. The van der Waals surface area contributed by atoms with Crippen LogP contribution in [0.4, 0.5) is 18.9 Å². The van der Waals surface area contributed by atoms with Crippen LogP contribution in [-0.4, -0.2) is 42.8 Å². The molecule has 0 aliphatic carbocycles. The lowest BCUT2D eigenvalue weighted by Crippen LogP contribution is -2.50. The van der Waals surface area contributed by atoms with E-state index in [2.05, 4.69) is 10.3 Å². The number of amides is 3. The zero-order valence-electron chi connectivity index (χ0n) is 21.0. The van der Waals surface area contributed by atoms with Crippen molar-refractivity contribution >= 4 is 29.1 Å². The summed E-state index contributed by atoms with van der Waals surface area (Å²) in [4.78, 5) is 45.0. The third-order valence-corrected chi connectivity index (χ3v) is 6.32. The highest BCUT2D eigenvalue weighted by Gasteiger charge is 2.39. The topological polar surface area (TPSA) is 105 Å². The number of benzene rings is 2.